The largest absolute Gasteiger partial charge is 0.396 e. The van der Waals surface area contributed by atoms with E-state index >= 15 is 0 Å². The van der Waals surface area contributed by atoms with Crippen LogP contribution >= 0.6 is 0 Å². The topological polar surface area (TPSA) is 50.9 Å². The van der Waals surface area contributed by atoms with Crippen LogP contribution in [0, 0.1) is 0 Å². The van der Waals surface area contributed by atoms with Gasteiger partial charge in [-0.3, -0.25) is 4.98 Å². The molecule has 0 bridgehead atoms. The third-order valence-electron chi connectivity index (χ3n) is 1.78. The van der Waals surface area contributed by atoms with Crippen molar-refractivity contribution in [2.75, 3.05) is 11.1 Å². The molecule has 1 aromatic rings. The first kappa shape index (κ1) is 11.0. The van der Waals surface area contributed by atoms with Crippen LogP contribution < -0.4 is 11.1 Å². The van der Waals surface area contributed by atoms with Crippen LogP contribution in [0.5, 0.6) is 0 Å². The van der Waals surface area contributed by atoms with Crippen LogP contribution in [0.2, 0.25) is 0 Å². The van der Waals surface area contributed by atoms with Crippen molar-refractivity contribution >= 4 is 11.4 Å². The normalized spacial score (nSPS) is 11.7. The maximum atomic E-state index is 5.74. The number of nitrogen functional groups attached to an aromatic ring is 1. The SMILES string of the molecule is C=C/C=C\C=C(/C)Nc1ccncc1N. The zero-order valence-electron chi connectivity index (χ0n) is 8.77. The average molecular weight is 201 g/mol. The molecule has 3 heteroatoms. The van der Waals surface area contributed by atoms with E-state index in [1.54, 1.807) is 18.5 Å². The standard InChI is InChI=1S/C12H15N3/c1-3-4-5-6-10(2)15-12-7-8-14-9-11(12)13/h3-9H,1,13H2,2H3,(H,14,15)/b5-4-,10-6+. The number of allylic oxidation sites excluding steroid dienone is 5. The molecule has 15 heavy (non-hydrogen) atoms. The molecule has 0 amide bonds. The molecule has 1 rings (SSSR count). The molecule has 3 N–H and O–H groups in total. The number of nitrogens with zero attached hydrogens (tertiary/aromatic N) is 1. The second-order valence-corrected chi connectivity index (χ2v) is 3.06. The predicted octanol–water partition coefficient (Wildman–Crippen LogP) is 2.72. The molecule has 0 saturated carbocycles. The van der Waals surface area contributed by atoms with Crippen molar-refractivity contribution < 1.29 is 0 Å². The molecule has 1 aromatic heterocycles. The van der Waals surface area contributed by atoms with E-state index in [-0.39, 0.29) is 0 Å². The van der Waals surface area contributed by atoms with Crippen molar-refractivity contribution in [3.05, 3.63) is 55.0 Å². The van der Waals surface area contributed by atoms with Crippen molar-refractivity contribution in [1.82, 2.24) is 4.98 Å². The molecular formula is C12H15N3. The monoisotopic (exact) mass is 201 g/mol. The van der Waals surface area contributed by atoms with Gasteiger partial charge in [0.2, 0.25) is 0 Å². The van der Waals surface area contributed by atoms with Gasteiger partial charge in [-0.25, -0.2) is 0 Å². The number of hydrogen-bond acceptors (Lipinski definition) is 3. The fourth-order valence-corrected chi connectivity index (χ4v) is 1.05. The minimum atomic E-state index is 0.637. The van der Waals surface area contributed by atoms with Gasteiger partial charge in [0.25, 0.3) is 0 Å². The Morgan fingerprint density at radius 3 is 3.00 bits per heavy atom. The van der Waals surface area contributed by atoms with E-state index in [0.717, 1.165) is 11.4 Å². The van der Waals surface area contributed by atoms with Crippen molar-refractivity contribution in [1.29, 1.82) is 0 Å². The highest BCUT2D eigenvalue weighted by atomic mass is 14.9. The quantitative estimate of drug-likeness (QED) is 0.736. The Kier molecular flexibility index (Phi) is 4.16. The minimum Gasteiger partial charge on any atom is -0.396 e. The molecule has 0 saturated heterocycles. The summed E-state index contributed by atoms with van der Waals surface area (Å²) in [6.07, 6.45) is 10.8. The Morgan fingerprint density at radius 2 is 2.33 bits per heavy atom. The smallest absolute Gasteiger partial charge is 0.0739 e. The fourth-order valence-electron chi connectivity index (χ4n) is 1.05. The van der Waals surface area contributed by atoms with Gasteiger partial charge in [-0.2, -0.15) is 0 Å². The summed E-state index contributed by atoms with van der Waals surface area (Å²) in [6, 6.07) is 1.84. The molecule has 0 aromatic carbocycles. The van der Waals surface area contributed by atoms with Crippen LogP contribution in [-0.2, 0) is 0 Å². The number of nitrogens with two attached hydrogens (primary N) is 1. The minimum absolute atomic E-state index is 0.637. The van der Waals surface area contributed by atoms with Gasteiger partial charge in [0.15, 0.2) is 0 Å². The number of nitrogens with one attached hydrogen (secondary N) is 1. The highest BCUT2D eigenvalue weighted by Crippen LogP contribution is 2.17. The lowest BCUT2D eigenvalue weighted by molar-refractivity contribution is 1.30. The lowest BCUT2D eigenvalue weighted by Gasteiger charge is -2.07. The van der Waals surface area contributed by atoms with Gasteiger partial charge in [0.1, 0.15) is 0 Å². The highest BCUT2D eigenvalue weighted by Gasteiger charge is 1.96. The maximum Gasteiger partial charge on any atom is 0.0739 e. The summed E-state index contributed by atoms with van der Waals surface area (Å²) < 4.78 is 0. The maximum absolute atomic E-state index is 5.74. The zero-order valence-corrected chi connectivity index (χ0v) is 8.77. The van der Waals surface area contributed by atoms with Crippen molar-refractivity contribution in [3.63, 3.8) is 0 Å². The Balaban J connectivity index is 2.70. The second kappa shape index (κ2) is 5.65. The van der Waals surface area contributed by atoms with Gasteiger partial charge in [-0.1, -0.05) is 24.8 Å². The predicted molar refractivity (Wildman–Crippen MR) is 65.4 cm³/mol. The Morgan fingerprint density at radius 1 is 1.53 bits per heavy atom. The van der Waals surface area contributed by atoms with E-state index in [4.69, 9.17) is 5.73 Å². The summed E-state index contributed by atoms with van der Waals surface area (Å²) in [6.45, 7) is 5.56. The molecule has 0 aliphatic heterocycles. The first-order valence-corrected chi connectivity index (χ1v) is 4.66. The molecule has 0 atom stereocenters. The molecular weight excluding hydrogens is 186 g/mol. The summed E-state index contributed by atoms with van der Waals surface area (Å²) in [5.41, 5.74) is 8.25. The first-order valence-electron chi connectivity index (χ1n) is 4.66. The molecule has 3 nitrogen and oxygen atoms in total. The van der Waals surface area contributed by atoms with Crippen LogP contribution in [0.15, 0.2) is 55.0 Å². The average Bonchev–Trinajstić information content (AvgIpc) is 2.22. The molecule has 0 aliphatic rings. The van der Waals surface area contributed by atoms with Gasteiger partial charge < -0.3 is 11.1 Å². The summed E-state index contributed by atoms with van der Waals surface area (Å²) >= 11 is 0. The number of hydrogen-bond donors (Lipinski definition) is 2. The third-order valence-corrected chi connectivity index (χ3v) is 1.78. The third kappa shape index (κ3) is 3.68. The van der Waals surface area contributed by atoms with Crippen LogP contribution in [0.25, 0.3) is 0 Å². The number of rotatable bonds is 4. The Bertz CT molecular complexity index is 392. The number of pyridine rings is 1. The van der Waals surface area contributed by atoms with Crippen molar-refractivity contribution in [3.8, 4) is 0 Å². The number of aromatic nitrogens is 1. The molecule has 0 aliphatic carbocycles. The first-order chi connectivity index (χ1) is 7.24. The number of anilines is 2. The van der Waals surface area contributed by atoms with E-state index < -0.39 is 0 Å². The van der Waals surface area contributed by atoms with E-state index in [1.165, 1.54) is 0 Å². The molecule has 1 heterocycles. The van der Waals surface area contributed by atoms with Crippen LogP contribution in [-0.4, -0.2) is 4.98 Å². The molecule has 0 spiro atoms. The van der Waals surface area contributed by atoms with Crippen LogP contribution in [0.1, 0.15) is 6.92 Å². The summed E-state index contributed by atoms with van der Waals surface area (Å²) in [7, 11) is 0. The Hall–Kier alpha value is -2.03. The van der Waals surface area contributed by atoms with Crippen molar-refractivity contribution in [2.45, 2.75) is 6.92 Å². The van der Waals surface area contributed by atoms with E-state index in [9.17, 15) is 0 Å². The molecule has 0 fully saturated rings. The van der Waals surface area contributed by atoms with Gasteiger partial charge in [-0.05, 0) is 19.1 Å². The highest BCUT2D eigenvalue weighted by molar-refractivity contribution is 5.66. The van der Waals surface area contributed by atoms with E-state index in [0.29, 0.717) is 5.69 Å². The molecule has 0 radical (unpaired) electrons. The lowest BCUT2D eigenvalue weighted by atomic mass is 10.3. The fraction of sp³-hybridized carbons (Fsp3) is 0.0833. The zero-order chi connectivity index (χ0) is 11.1. The van der Waals surface area contributed by atoms with Gasteiger partial charge >= 0.3 is 0 Å². The lowest BCUT2D eigenvalue weighted by Crippen LogP contribution is -1.99. The van der Waals surface area contributed by atoms with Gasteiger partial charge in [0.05, 0.1) is 17.6 Å². The van der Waals surface area contributed by atoms with E-state index in [2.05, 4.69) is 16.9 Å². The van der Waals surface area contributed by atoms with Gasteiger partial charge in [-0.15, -0.1) is 0 Å². The van der Waals surface area contributed by atoms with Crippen LogP contribution in [0.4, 0.5) is 11.4 Å². The molecule has 78 valence electrons. The van der Waals surface area contributed by atoms with Crippen LogP contribution in [0.3, 0.4) is 0 Å². The van der Waals surface area contributed by atoms with Gasteiger partial charge in [0, 0.05) is 11.9 Å². The second-order valence-electron chi connectivity index (χ2n) is 3.06. The van der Waals surface area contributed by atoms with E-state index in [1.807, 2.05) is 31.2 Å². The Labute approximate surface area is 90.0 Å². The summed E-state index contributed by atoms with van der Waals surface area (Å²) in [5, 5.41) is 3.18. The summed E-state index contributed by atoms with van der Waals surface area (Å²) in [5.74, 6) is 0. The summed E-state index contributed by atoms with van der Waals surface area (Å²) in [4.78, 5) is 3.92. The van der Waals surface area contributed by atoms with Crippen molar-refractivity contribution in [2.24, 2.45) is 0 Å². The molecule has 0 unspecified atom stereocenters.